The Bertz CT molecular complexity index is 1840. The van der Waals surface area contributed by atoms with E-state index in [1.807, 2.05) is 42.5 Å². The number of benzene rings is 2. The van der Waals surface area contributed by atoms with Crippen molar-refractivity contribution >= 4 is 23.2 Å². The maximum atomic E-state index is 10.3. The highest BCUT2D eigenvalue weighted by molar-refractivity contribution is 6.36. The third kappa shape index (κ3) is 7.19. The van der Waals surface area contributed by atoms with Crippen molar-refractivity contribution in [3.63, 3.8) is 0 Å². The topological polar surface area (TPSA) is 106 Å². The molecule has 7 rings (SSSR count). The largest absolute Gasteiger partial charge is 0.481 e. The van der Waals surface area contributed by atoms with Crippen LogP contribution in [0.4, 0.5) is 0 Å². The van der Waals surface area contributed by atoms with Gasteiger partial charge in [0.05, 0.1) is 37.1 Å². The Morgan fingerprint density at radius 1 is 0.780 bits per heavy atom. The Balaban J connectivity index is 1.10. The highest BCUT2D eigenvalue weighted by Crippen LogP contribution is 2.45. The third-order valence-electron chi connectivity index (χ3n) is 10.8. The number of hydrogen-bond acceptors (Lipinski definition) is 8. The molecule has 2 heterocycles. The number of nitrogens with zero attached hydrogens (tertiary/aromatic N) is 2. The summed E-state index contributed by atoms with van der Waals surface area (Å²) in [6.45, 7) is 0.564. The lowest BCUT2D eigenvalue weighted by molar-refractivity contribution is 0.128. The van der Waals surface area contributed by atoms with Crippen molar-refractivity contribution < 1.29 is 24.4 Å². The van der Waals surface area contributed by atoms with E-state index in [0.717, 1.165) is 103 Å². The molecule has 0 aliphatic heterocycles. The number of methoxy groups -OCH3 is 2. The van der Waals surface area contributed by atoms with E-state index in [1.54, 1.807) is 14.2 Å². The number of hydrogen-bond donors (Lipinski definition) is 3. The molecule has 0 bridgehead atoms. The number of halogens is 2. The van der Waals surface area contributed by atoms with Crippen LogP contribution >= 0.6 is 23.2 Å². The molecule has 0 amide bonds. The van der Waals surface area contributed by atoms with Crippen LogP contribution < -0.4 is 19.5 Å². The van der Waals surface area contributed by atoms with Gasteiger partial charge in [-0.3, -0.25) is 0 Å². The minimum Gasteiger partial charge on any atom is -0.481 e. The summed E-state index contributed by atoms with van der Waals surface area (Å²) in [5.41, 5.74) is 7.67. The number of ether oxygens (including phenoxy) is 3. The van der Waals surface area contributed by atoms with E-state index < -0.39 is 0 Å². The normalized spacial score (nSPS) is 22.9. The van der Waals surface area contributed by atoms with Crippen LogP contribution in [-0.4, -0.2) is 52.7 Å². The van der Waals surface area contributed by atoms with E-state index in [0.29, 0.717) is 40.1 Å². The summed E-state index contributed by atoms with van der Waals surface area (Å²) in [5.74, 6) is 1.70. The first kappa shape index (κ1) is 35.0. The lowest BCUT2D eigenvalue weighted by atomic mass is 9.94. The quantitative estimate of drug-likeness (QED) is 0.134. The molecule has 8 nitrogen and oxygen atoms in total. The second-order valence-electron chi connectivity index (χ2n) is 13.8. The van der Waals surface area contributed by atoms with Crippen LogP contribution in [0.15, 0.2) is 54.6 Å². The Kier molecular flexibility index (Phi) is 10.8. The average molecular weight is 719 g/mol. The summed E-state index contributed by atoms with van der Waals surface area (Å²) in [4.78, 5) is 9.54. The third-order valence-corrected chi connectivity index (χ3v) is 11.5. The fourth-order valence-corrected chi connectivity index (χ4v) is 8.58. The lowest BCUT2D eigenvalue weighted by Gasteiger charge is -2.19. The summed E-state index contributed by atoms with van der Waals surface area (Å²) in [7, 11) is 3.24. The van der Waals surface area contributed by atoms with Gasteiger partial charge in [0.2, 0.25) is 17.6 Å². The first-order chi connectivity index (χ1) is 24.3. The number of rotatable bonds is 12. The standard InChI is InChI=1S/C40H45Cl2N3O5/c1-48-38-24(16-15-23-7-3-13-34(23)46)21-31(41)40(45-38)50-36-20-18-27-26(8-4-9-28(27)36)29-10-5-11-30(37(29)42)32-19-17-25(39(44-32)49-2)22-43-33-12-6-14-35(33)47/h4-5,8-11,17,19,21,23,33-36,43,46-47H,3,6-7,12-16,18,20,22H2,1-2H3/t23-,33+,34-,35-,36-/m0/s1. The molecule has 50 heavy (non-hydrogen) atoms. The second kappa shape index (κ2) is 15.5. The van der Waals surface area contributed by atoms with Crippen molar-refractivity contribution in [3.05, 3.63) is 86.9 Å². The Morgan fingerprint density at radius 2 is 1.52 bits per heavy atom. The first-order valence-corrected chi connectivity index (χ1v) is 18.5. The van der Waals surface area contributed by atoms with Crippen LogP contribution in [-0.2, 0) is 19.4 Å². The number of aromatic nitrogens is 2. The van der Waals surface area contributed by atoms with E-state index in [1.165, 1.54) is 5.56 Å². The van der Waals surface area contributed by atoms with Crippen molar-refractivity contribution in [3.8, 4) is 40.0 Å². The minimum atomic E-state index is -0.312. The van der Waals surface area contributed by atoms with Crippen LogP contribution in [0.5, 0.6) is 17.6 Å². The second-order valence-corrected chi connectivity index (χ2v) is 14.6. The SMILES string of the molecule is COc1nc(-c2cccc(-c3cccc4c3CC[C@@H]4Oc3nc(OC)c(CC[C@@H]4CCC[C@@H]4O)cc3Cl)c2Cl)ccc1CN[C@@H]1CCC[C@@H]1O. The smallest absolute Gasteiger partial charge is 0.236 e. The van der Waals surface area contributed by atoms with Gasteiger partial charge in [-0.05, 0) is 92.5 Å². The fraction of sp³-hybridized carbons (Fsp3) is 0.450. The molecule has 0 saturated heterocycles. The molecule has 3 N–H and O–H groups in total. The number of fused-ring (bicyclic) bond motifs is 1. The molecule has 10 heteroatoms. The fourth-order valence-electron chi connectivity index (χ4n) is 8.04. The maximum absolute atomic E-state index is 10.3. The Morgan fingerprint density at radius 3 is 2.28 bits per heavy atom. The molecule has 3 aliphatic carbocycles. The predicted molar refractivity (Wildman–Crippen MR) is 196 cm³/mol. The first-order valence-electron chi connectivity index (χ1n) is 17.8. The summed E-state index contributed by atoms with van der Waals surface area (Å²) in [6.07, 6.45) is 8.27. The number of aliphatic hydroxyl groups excluding tert-OH is 2. The molecule has 0 radical (unpaired) electrons. The molecule has 0 unspecified atom stereocenters. The van der Waals surface area contributed by atoms with Gasteiger partial charge in [0, 0.05) is 34.8 Å². The molecular weight excluding hydrogens is 673 g/mol. The van der Waals surface area contributed by atoms with Gasteiger partial charge in [-0.1, -0.05) is 72.1 Å². The van der Waals surface area contributed by atoms with Crippen LogP contribution in [0.1, 0.15) is 79.7 Å². The predicted octanol–water partition coefficient (Wildman–Crippen LogP) is 8.30. The van der Waals surface area contributed by atoms with Crippen molar-refractivity contribution in [1.82, 2.24) is 15.3 Å². The summed E-state index contributed by atoms with van der Waals surface area (Å²) in [5, 5.41) is 25.0. The van der Waals surface area contributed by atoms with Crippen molar-refractivity contribution in [2.75, 3.05) is 14.2 Å². The van der Waals surface area contributed by atoms with Gasteiger partial charge in [-0.15, -0.1) is 0 Å². The van der Waals surface area contributed by atoms with E-state index >= 15 is 0 Å². The zero-order valence-electron chi connectivity index (χ0n) is 28.6. The zero-order chi connectivity index (χ0) is 34.8. The monoisotopic (exact) mass is 717 g/mol. The molecule has 2 saturated carbocycles. The summed E-state index contributed by atoms with van der Waals surface area (Å²) < 4.78 is 17.8. The molecule has 4 aromatic rings. The van der Waals surface area contributed by atoms with E-state index in [4.69, 9.17) is 47.4 Å². The molecule has 264 valence electrons. The number of pyridine rings is 2. The number of aryl methyl sites for hydroxylation is 1. The van der Waals surface area contributed by atoms with Gasteiger partial charge in [0.25, 0.3) is 0 Å². The van der Waals surface area contributed by atoms with Crippen molar-refractivity contribution in [2.24, 2.45) is 5.92 Å². The van der Waals surface area contributed by atoms with Crippen LogP contribution in [0.25, 0.3) is 22.4 Å². The summed E-state index contributed by atoms with van der Waals surface area (Å²) >= 11 is 13.9. The van der Waals surface area contributed by atoms with Crippen LogP contribution in [0, 0.1) is 5.92 Å². The van der Waals surface area contributed by atoms with Crippen molar-refractivity contribution in [2.45, 2.75) is 95.1 Å². The molecule has 3 aliphatic rings. The highest BCUT2D eigenvalue weighted by atomic mass is 35.5. The summed E-state index contributed by atoms with van der Waals surface area (Å²) in [6, 6.07) is 18.3. The Hall–Kier alpha value is -3.40. The molecule has 2 aromatic carbocycles. The van der Waals surface area contributed by atoms with Gasteiger partial charge in [-0.25, -0.2) is 4.98 Å². The minimum absolute atomic E-state index is 0.0901. The highest BCUT2D eigenvalue weighted by Gasteiger charge is 2.30. The van der Waals surface area contributed by atoms with E-state index in [2.05, 4.69) is 17.4 Å². The zero-order valence-corrected chi connectivity index (χ0v) is 30.1. The number of nitrogens with one attached hydrogen (secondary N) is 1. The molecule has 0 spiro atoms. The number of aliphatic hydroxyl groups is 2. The van der Waals surface area contributed by atoms with E-state index in [-0.39, 0.29) is 24.4 Å². The molecule has 2 aromatic heterocycles. The molecule has 2 fully saturated rings. The van der Waals surface area contributed by atoms with Gasteiger partial charge < -0.3 is 29.7 Å². The van der Waals surface area contributed by atoms with Crippen LogP contribution in [0.2, 0.25) is 10.0 Å². The van der Waals surface area contributed by atoms with Gasteiger partial charge in [0.1, 0.15) is 11.1 Å². The van der Waals surface area contributed by atoms with E-state index in [9.17, 15) is 10.2 Å². The molecule has 5 atom stereocenters. The van der Waals surface area contributed by atoms with Crippen molar-refractivity contribution in [1.29, 1.82) is 0 Å². The average Bonchev–Trinajstić information content (AvgIpc) is 3.86. The lowest BCUT2D eigenvalue weighted by Crippen LogP contribution is -2.35. The Labute approximate surface area is 304 Å². The van der Waals surface area contributed by atoms with Gasteiger partial charge >= 0.3 is 0 Å². The molecular formula is C40H45Cl2N3O5. The maximum Gasteiger partial charge on any atom is 0.236 e. The van der Waals surface area contributed by atoms with Gasteiger partial charge in [-0.2, -0.15) is 4.98 Å². The van der Waals surface area contributed by atoms with Crippen LogP contribution in [0.3, 0.4) is 0 Å². The van der Waals surface area contributed by atoms with Gasteiger partial charge in [0.15, 0.2) is 0 Å².